The van der Waals surface area contributed by atoms with Gasteiger partial charge >= 0.3 is 0 Å². The minimum absolute atomic E-state index is 0.0343. The number of nitrogens with one attached hydrogen (secondary N) is 1. The molecule has 0 bridgehead atoms. The molecule has 0 aromatic carbocycles. The molecule has 0 spiro atoms. The lowest BCUT2D eigenvalue weighted by Crippen LogP contribution is -2.52. The summed E-state index contributed by atoms with van der Waals surface area (Å²) in [7, 11) is -1.50. The summed E-state index contributed by atoms with van der Waals surface area (Å²) >= 11 is 0. The summed E-state index contributed by atoms with van der Waals surface area (Å²) in [5.74, 6) is 0. The van der Waals surface area contributed by atoms with Crippen molar-refractivity contribution in [2.24, 2.45) is 0 Å². The van der Waals surface area contributed by atoms with E-state index in [9.17, 15) is 8.42 Å². The van der Waals surface area contributed by atoms with Gasteiger partial charge < -0.3 is 10.2 Å². The van der Waals surface area contributed by atoms with Gasteiger partial charge in [-0.2, -0.15) is 4.31 Å². The lowest BCUT2D eigenvalue weighted by Gasteiger charge is -2.37. The lowest BCUT2D eigenvalue weighted by atomic mass is 10.2. The summed E-state index contributed by atoms with van der Waals surface area (Å²) < 4.78 is 27.4. The van der Waals surface area contributed by atoms with E-state index in [1.54, 1.807) is 16.6 Å². The maximum atomic E-state index is 12.9. The van der Waals surface area contributed by atoms with Crippen molar-refractivity contribution in [1.29, 1.82) is 0 Å². The van der Waals surface area contributed by atoms with Crippen molar-refractivity contribution in [3.05, 3.63) is 18.5 Å². The first kappa shape index (κ1) is 16.2. The fourth-order valence-electron chi connectivity index (χ4n) is 2.60. The first-order chi connectivity index (χ1) is 9.96. The minimum Gasteiger partial charge on any atom is -0.384 e. The van der Waals surface area contributed by atoms with E-state index in [0.717, 1.165) is 26.1 Å². The highest BCUT2D eigenvalue weighted by atomic mass is 32.2. The molecule has 1 aliphatic rings. The highest BCUT2D eigenvalue weighted by molar-refractivity contribution is 7.89. The summed E-state index contributed by atoms with van der Waals surface area (Å²) in [6, 6.07) is 1.69. The van der Waals surface area contributed by atoms with Crippen LogP contribution in [0.15, 0.2) is 23.4 Å². The van der Waals surface area contributed by atoms with Crippen molar-refractivity contribution in [2.75, 3.05) is 38.5 Å². The molecule has 1 aromatic heterocycles. The lowest BCUT2D eigenvalue weighted by molar-refractivity contribution is 0.170. The second-order valence-electron chi connectivity index (χ2n) is 5.53. The predicted octanol–water partition coefficient (Wildman–Crippen LogP) is 1.23. The van der Waals surface area contributed by atoms with Crippen molar-refractivity contribution in [3.63, 3.8) is 0 Å². The standard InChI is InChI=1S/C14H24N4O2S/c1-4-6-16-13-5-7-15-10-14(13)21(19,20)18-9-8-17(3)11-12(18)2/h5,7,10,12H,4,6,8-9,11H2,1-3H3,(H,15,16). The molecule has 1 aliphatic heterocycles. The average Bonchev–Trinajstić information content (AvgIpc) is 2.45. The van der Waals surface area contributed by atoms with E-state index >= 15 is 0 Å². The molecular weight excluding hydrogens is 288 g/mol. The van der Waals surface area contributed by atoms with Crippen molar-refractivity contribution in [2.45, 2.75) is 31.2 Å². The number of anilines is 1. The first-order valence-corrected chi connectivity index (χ1v) is 8.79. The summed E-state index contributed by atoms with van der Waals surface area (Å²) in [6.07, 6.45) is 4.00. The topological polar surface area (TPSA) is 65.5 Å². The van der Waals surface area contributed by atoms with Crippen LogP contribution >= 0.6 is 0 Å². The molecule has 2 rings (SSSR count). The molecular formula is C14H24N4O2S. The second-order valence-corrected chi connectivity index (χ2v) is 7.38. The number of hydrogen-bond donors (Lipinski definition) is 1. The quantitative estimate of drug-likeness (QED) is 0.886. The zero-order valence-corrected chi connectivity index (χ0v) is 13.7. The largest absolute Gasteiger partial charge is 0.384 e. The number of likely N-dealkylation sites (N-methyl/N-ethyl adjacent to an activating group) is 1. The number of hydrogen-bond acceptors (Lipinski definition) is 5. The van der Waals surface area contributed by atoms with E-state index in [-0.39, 0.29) is 10.9 Å². The molecule has 1 N–H and O–H groups in total. The molecule has 0 saturated carbocycles. The van der Waals surface area contributed by atoms with Crippen LogP contribution in [0.3, 0.4) is 0 Å². The van der Waals surface area contributed by atoms with Gasteiger partial charge in [-0.15, -0.1) is 0 Å². The first-order valence-electron chi connectivity index (χ1n) is 7.35. The Morgan fingerprint density at radius 1 is 1.43 bits per heavy atom. The number of pyridine rings is 1. The van der Waals surface area contributed by atoms with Gasteiger partial charge in [-0.1, -0.05) is 6.92 Å². The van der Waals surface area contributed by atoms with Gasteiger partial charge in [-0.3, -0.25) is 4.98 Å². The fourth-order valence-corrected chi connectivity index (χ4v) is 4.33. The van der Waals surface area contributed by atoms with Crippen molar-refractivity contribution >= 4 is 15.7 Å². The van der Waals surface area contributed by atoms with Crippen LogP contribution in [-0.4, -0.2) is 61.9 Å². The Kier molecular flexibility index (Phi) is 5.18. The van der Waals surface area contributed by atoms with Gasteiger partial charge in [-0.05, 0) is 26.5 Å². The molecule has 6 nitrogen and oxygen atoms in total. The highest BCUT2D eigenvalue weighted by Crippen LogP contribution is 2.26. The van der Waals surface area contributed by atoms with Gasteiger partial charge in [0.15, 0.2) is 0 Å². The zero-order valence-electron chi connectivity index (χ0n) is 12.9. The second kappa shape index (κ2) is 6.72. The zero-order chi connectivity index (χ0) is 15.5. The van der Waals surface area contributed by atoms with Gasteiger partial charge in [-0.25, -0.2) is 8.42 Å². The van der Waals surface area contributed by atoms with Crippen LogP contribution in [0.25, 0.3) is 0 Å². The third-order valence-electron chi connectivity index (χ3n) is 3.71. The molecule has 2 heterocycles. The maximum absolute atomic E-state index is 12.9. The Labute approximate surface area is 127 Å². The normalized spacial score (nSPS) is 21.4. The van der Waals surface area contributed by atoms with E-state index < -0.39 is 10.0 Å². The van der Waals surface area contributed by atoms with Crippen LogP contribution in [0, 0.1) is 0 Å². The van der Waals surface area contributed by atoms with Crippen LogP contribution in [0.5, 0.6) is 0 Å². The molecule has 21 heavy (non-hydrogen) atoms. The van der Waals surface area contributed by atoms with Crippen molar-refractivity contribution in [1.82, 2.24) is 14.2 Å². The number of piperazine rings is 1. The Bertz CT molecular complexity index is 576. The Morgan fingerprint density at radius 3 is 2.86 bits per heavy atom. The number of rotatable bonds is 5. The summed E-state index contributed by atoms with van der Waals surface area (Å²) in [6.45, 7) is 6.75. The van der Waals surface area contributed by atoms with Gasteiger partial charge in [0.05, 0.1) is 5.69 Å². The third-order valence-corrected chi connectivity index (χ3v) is 5.75. The van der Waals surface area contributed by atoms with E-state index in [2.05, 4.69) is 15.2 Å². The van der Waals surface area contributed by atoms with Gasteiger partial charge in [0, 0.05) is 44.6 Å². The van der Waals surface area contributed by atoms with Crippen LogP contribution in [-0.2, 0) is 10.0 Å². The monoisotopic (exact) mass is 312 g/mol. The summed E-state index contributed by atoms with van der Waals surface area (Å²) in [5, 5.41) is 3.18. The molecule has 1 saturated heterocycles. The average molecular weight is 312 g/mol. The molecule has 0 radical (unpaired) electrons. The van der Waals surface area contributed by atoms with E-state index in [1.807, 2.05) is 20.9 Å². The van der Waals surface area contributed by atoms with Crippen LogP contribution in [0.4, 0.5) is 5.69 Å². The van der Waals surface area contributed by atoms with E-state index in [0.29, 0.717) is 12.2 Å². The Balaban J connectivity index is 2.31. The molecule has 0 aliphatic carbocycles. The fraction of sp³-hybridized carbons (Fsp3) is 0.643. The van der Waals surface area contributed by atoms with Gasteiger partial charge in [0.2, 0.25) is 10.0 Å². The van der Waals surface area contributed by atoms with Crippen molar-refractivity contribution < 1.29 is 8.42 Å². The SMILES string of the molecule is CCCNc1ccncc1S(=O)(=O)N1CCN(C)CC1C. The molecule has 1 aromatic rings. The Morgan fingerprint density at radius 2 is 2.19 bits per heavy atom. The maximum Gasteiger partial charge on any atom is 0.247 e. The van der Waals surface area contributed by atoms with Gasteiger partial charge in [0.25, 0.3) is 0 Å². The summed E-state index contributed by atoms with van der Waals surface area (Å²) in [5.41, 5.74) is 0.637. The third kappa shape index (κ3) is 3.53. The highest BCUT2D eigenvalue weighted by Gasteiger charge is 2.34. The van der Waals surface area contributed by atoms with E-state index in [1.165, 1.54) is 6.20 Å². The van der Waals surface area contributed by atoms with Crippen LogP contribution in [0.2, 0.25) is 0 Å². The molecule has 118 valence electrons. The molecule has 1 atom stereocenters. The number of aromatic nitrogens is 1. The molecule has 7 heteroatoms. The van der Waals surface area contributed by atoms with Crippen LogP contribution < -0.4 is 5.32 Å². The minimum atomic E-state index is -3.51. The molecule has 0 amide bonds. The number of nitrogens with zero attached hydrogens (tertiary/aromatic N) is 3. The number of sulfonamides is 1. The Hall–Kier alpha value is -1.18. The van der Waals surface area contributed by atoms with E-state index in [4.69, 9.17) is 0 Å². The molecule has 1 unspecified atom stereocenters. The van der Waals surface area contributed by atoms with Crippen LogP contribution in [0.1, 0.15) is 20.3 Å². The van der Waals surface area contributed by atoms with Crippen molar-refractivity contribution in [3.8, 4) is 0 Å². The summed E-state index contributed by atoms with van der Waals surface area (Å²) in [4.78, 5) is 6.42. The predicted molar refractivity (Wildman–Crippen MR) is 83.9 cm³/mol. The van der Waals surface area contributed by atoms with Gasteiger partial charge in [0.1, 0.15) is 4.90 Å². The smallest absolute Gasteiger partial charge is 0.247 e. The molecule has 1 fully saturated rings.